The van der Waals surface area contributed by atoms with Gasteiger partial charge in [-0.1, -0.05) is 0 Å². The van der Waals surface area contributed by atoms with Crippen molar-refractivity contribution in [2.24, 2.45) is 5.73 Å². The third-order valence-corrected chi connectivity index (χ3v) is 3.32. The lowest BCUT2D eigenvalue weighted by Gasteiger charge is -2.25. The molecule has 0 saturated carbocycles. The number of rotatable bonds is 3. The summed E-state index contributed by atoms with van der Waals surface area (Å²) in [5.41, 5.74) is 6.40. The number of nitrogens with one attached hydrogen (secondary N) is 1. The van der Waals surface area contributed by atoms with Gasteiger partial charge in [-0.05, 0) is 26.7 Å². The predicted molar refractivity (Wildman–Crippen MR) is 70.6 cm³/mol. The van der Waals surface area contributed by atoms with Gasteiger partial charge in [0.15, 0.2) is 0 Å². The molecular formula is C12H19N5O. The average Bonchev–Trinajstić information content (AvgIpc) is 2.80. The van der Waals surface area contributed by atoms with Crippen molar-refractivity contribution in [1.82, 2.24) is 9.97 Å². The van der Waals surface area contributed by atoms with Crippen LogP contribution in [0.15, 0.2) is 0 Å². The maximum Gasteiger partial charge on any atom is 0.240 e. The van der Waals surface area contributed by atoms with Crippen molar-refractivity contribution in [2.45, 2.75) is 32.7 Å². The zero-order valence-electron chi connectivity index (χ0n) is 11.0. The Morgan fingerprint density at radius 3 is 2.78 bits per heavy atom. The van der Waals surface area contributed by atoms with Gasteiger partial charge in [-0.25, -0.2) is 9.97 Å². The van der Waals surface area contributed by atoms with Gasteiger partial charge in [0.05, 0.1) is 0 Å². The lowest BCUT2D eigenvalue weighted by atomic mass is 10.2. The van der Waals surface area contributed by atoms with Gasteiger partial charge in [0.25, 0.3) is 0 Å². The first-order chi connectivity index (χ1) is 8.54. The molecule has 0 radical (unpaired) electrons. The minimum Gasteiger partial charge on any atom is -0.373 e. The van der Waals surface area contributed by atoms with E-state index in [2.05, 4.69) is 15.3 Å². The van der Waals surface area contributed by atoms with Crippen molar-refractivity contribution in [2.75, 3.05) is 23.8 Å². The van der Waals surface area contributed by atoms with E-state index in [1.807, 2.05) is 25.8 Å². The summed E-state index contributed by atoms with van der Waals surface area (Å²) in [5.74, 6) is 2.02. The Morgan fingerprint density at radius 1 is 1.44 bits per heavy atom. The molecule has 18 heavy (non-hydrogen) atoms. The molecule has 6 nitrogen and oxygen atoms in total. The van der Waals surface area contributed by atoms with Crippen LogP contribution in [-0.2, 0) is 4.79 Å². The Hall–Kier alpha value is -1.85. The number of aryl methyl sites for hydroxylation is 1. The Kier molecular flexibility index (Phi) is 3.36. The van der Waals surface area contributed by atoms with E-state index in [1.165, 1.54) is 0 Å². The maximum atomic E-state index is 11.5. The minimum absolute atomic E-state index is 0.247. The minimum atomic E-state index is -0.283. The van der Waals surface area contributed by atoms with Crippen LogP contribution in [0.25, 0.3) is 0 Å². The zero-order chi connectivity index (χ0) is 13.3. The van der Waals surface area contributed by atoms with Gasteiger partial charge in [-0.15, -0.1) is 0 Å². The fourth-order valence-corrected chi connectivity index (χ4v) is 2.45. The molecule has 6 heteroatoms. The monoisotopic (exact) mass is 249 g/mol. The molecule has 2 heterocycles. The second-order valence-corrected chi connectivity index (χ2v) is 4.57. The van der Waals surface area contributed by atoms with E-state index in [1.54, 1.807) is 0 Å². The van der Waals surface area contributed by atoms with Crippen LogP contribution in [0, 0.1) is 13.8 Å². The molecule has 2 rings (SSSR count). The van der Waals surface area contributed by atoms with Crippen molar-refractivity contribution < 1.29 is 4.79 Å². The van der Waals surface area contributed by atoms with Crippen LogP contribution in [-0.4, -0.2) is 35.5 Å². The number of nitrogens with zero attached hydrogens (tertiary/aromatic N) is 3. The molecule has 1 aliphatic rings. The molecule has 0 aromatic carbocycles. The van der Waals surface area contributed by atoms with Gasteiger partial charge in [0.1, 0.15) is 23.5 Å². The van der Waals surface area contributed by atoms with Gasteiger partial charge < -0.3 is 16.0 Å². The van der Waals surface area contributed by atoms with E-state index in [9.17, 15) is 4.79 Å². The van der Waals surface area contributed by atoms with Gasteiger partial charge in [0, 0.05) is 19.2 Å². The maximum absolute atomic E-state index is 11.5. The number of nitrogens with two attached hydrogens (primary N) is 1. The molecule has 1 unspecified atom stereocenters. The van der Waals surface area contributed by atoms with Crippen LogP contribution < -0.4 is 16.0 Å². The molecule has 0 spiro atoms. The summed E-state index contributed by atoms with van der Waals surface area (Å²) in [5, 5.41) is 3.05. The molecule has 3 N–H and O–H groups in total. The number of carbonyl (C=O) groups excluding carboxylic acids is 1. The highest BCUT2D eigenvalue weighted by Crippen LogP contribution is 2.29. The van der Waals surface area contributed by atoms with Gasteiger partial charge in [0.2, 0.25) is 5.91 Å². The van der Waals surface area contributed by atoms with Crippen molar-refractivity contribution in [3.8, 4) is 0 Å². The third kappa shape index (κ3) is 2.10. The molecule has 1 aliphatic heterocycles. The summed E-state index contributed by atoms with van der Waals surface area (Å²) in [4.78, 5) is 22.2. The first-order valence-corrected chi connectivity index (χ1v) is 6.13. The summed E-state index contributed by atoms with van der Waals surface area (Å²) >= 11 is 0. The smallest absolute Gasteiger partial charge is 0.240 e. The Morgan fingerprint density at radius 2 is 2.17 bits per heavy atom. The largest absolute Gasteiger partial charge is 0.373 e. The highest BCUT2D eigenvalue weighted by Gasteiger charge is 2.31. The molecule has 1 fully saturated rings. The fourth-order valence-electron chi connectivity index (χ4n) is 2.45. The second-order valence-electron chi connectivity index (χ2n) is 4.57. The predicted octanol–water partition coefficient (Wildman–Crippen LogP) is 0.589. The van der Waals surface area contributed by atoms with Gasteiger partial charge in [-0.2, -0.15) is 0 Å². The van der Waals surface area contributed by atoms with Crippen LogP contribution in [0.1, 0.15) is 24.2 Å². The number of hydrogen-bond acceptors (Lipinski definition) is 5. The van der Waals surface area contributed by atoms with Crippen LogP contribution in [0.3, 0.4) is 0 Å². The first-order valence-electron chi connectivity index (χ1n) is 6.13. The van der Waals surface area contributed by atoms with Gasteiger partial charge >= 0.3 is 0 Å². The number of amides is 1. The standard InChI is InChI=1S/C12H19N5O/c1-7-11(14-3)15-8(2)16-12(7)17-6-4-5-9(17)10(13)18/h9H,4-6H2,1-3H3,(H2,13,18)(H,14,15,16). The van der Waals surface area contributed by atoms with Crippen molar-refractivity contribution >= 4 is 17.5 Å². The van der Waals surface area contributed by atoms with E-state index < -0.39 is 0 Å². The highest BCUT2D eigenvalue weighted by molar-refractivity contribution is 5.84. The molecule has 0 bridgehead atoms. The number of hydrogen-bond donors (Lipinski definition) is 2. The quantitative estimate of drug-likeness (QED) is 0.819. The van der Waals surface area contributed by atoms with E-state index in [0.29, 0.717) is 5.82 Å². The molecule has 1 aromatic heterocycles. The van der Waals surface area contributed by atoms with Crippen molar-refractivity contribution in [3.05, 3.63) is 11.4 Å². The van der Waals surface area contributed by atoms with Crippen LogP contribution in [0.4, 0.5) is 11.6 Å². The van der Waals surface area contributed by atoms with Gasteiger partial charge in [-0.3, -0.25) is 4.79 Å². The Balaban J connectivity index is 2.44. The molecule has 1 saturated heterocycles. The summed E-state index contributed by atoms with van der Waals surface area (Å²) in [6.07, 6.45) is 1.76. The molecule has 1 amide bonds. The molecule has 1 atom stereocenters. The van der Waals surface area contributed by atoms with E-state index in [0.717, 1.165) is 36.6 Å². The SMILES string of the molecule is CNc1nc(C)nc(N2CCCC2C(N)=O)c1C. The molecular weight excluding hydrogens is 230 g/mol. The van der Waals surface area contributed by atoms with Crippen LogP contribution in [0.2, 0.25) is 0 Å². The summed E-state index contributed by atoms with van der Waals surface area (Å²) in [6, 6.07) is -0.247. The molecule has 0 aliphatic carbocycles. The van der Waals surface area contributed by atoms with Crippen molar-refractivity contribution in [3.63, 3.8) is 0 Å². The first kappa shape index (κ1) is 12.6. The normalized spacial score (nSPS) is 19.1. The Bertz CT molecular complexity index is 474. The number of anilines is 2. The summed E-state index contributed by atoms with van der Waals surface area (Å²) in [7, 11) is 1.83. The topological polar surface area (TPSA) is 84.1 Å². The number of primary amides is 1. The lowest BCUT2D eigenvalue weighted by Crippen LogP contribution is -2.41. The number of carbonyl (C=O) groups is 1. The molecule has 98 valence electrons. The van der Waals surface area contributed by atoms with E-state index >= 15 is 0 Å². The summed E-state index contributed by atoms with van der Waals surface area (Å²) < 4.78 is 0. The van der Waals surface area contributed by atoms with Crippen LogP contribution in [0.5, 0.6) is 0 Å². The zero-order valence-corrected chi connectivity index (χ0v) is 11.0. The van der Waals surface area contributed by atoms with E-state index in [-0.39, 0.29) is 11.9 Å². The highest BCUT2D eigenvalue weighted by atomic mass is 16.1. The number of aromatic nitrogens is 2. The lowest BCUT2D eigenvalue weighted by molar-refractivity contribution is -0.119. The summed E-state index contributed by atoms with van der Waals surface area (Å²) in [6.45, 7) is 4.62. The van der Waals surface area contributed by atoms with Crippen LogP contribution >= 0.6 is 0 Å². The third-order valence-electron chi connectivity index (χ3n) is 3.32. The van der Waals surface area contributed by atoms with E-state index in [4.69, 9.17) is 5.73 Å². The second kappa shape index (κ2) is 4.80. The molecule has 1 aromatic rings. The fraction of sp³-hybridized carbons (Fsp3) is 0.583. The Labute approximate surface area is 107 Å². The van der Waals surface area contributed by atoms with Crippen molar-refractivity contribution in [1.29, 1.82) is 0 Å². The average molecular weight is 249 g/mol.